The topological polar surface area (TPSA) is 12.2 Å². The largest absolute Gasteiger partial charge is 0.455 e. The van der Waals surface area contributed by atoms with Crippen LogP contribution in [0, 0.1) is 0 Å². The number of benzene rings is 2. The number of hydrogen-bond acceptors (Lipinski definition) is 1. The summed E-state index contributed by atoms with van der Waals surface area (Å²) in [7, 11) is 4.14. The number of hydrogen-bond donors (Lipinski definition) is 0. The molecule has 0 radical (unpaired) electrons. The SMILES string of the molecule is C[N+](C)=C1C=CC(=CC=C2C3=C(OC4=C2Cc2ccccc24)c2ccccc2C3)C=C1. The van der Waals surface area contributed by atoms with Crippen molar-refractivity contribution in [3.05, 3.63) is 130 Å². The molecule has 2 aromatic rings. The molecule has 2 heteroatoms. The molecular weight excluding hydrogens is 378 g/mol. The Balaban J connectivity index is 1.46. The number of fused-ring (bicyclic) bond motifs is 4. The Bertz CT molecular complexity index is 1260. The van der Waals surface area contributed by atoms with Crippen molar-refractivity contribution in [1.29, 1.82) is 0 Å². The average molecular weight is 403 g/mol. The lowest BCUT2D eigenvalue weighted by molar-refractivity contribution is -0.462. The van der Waals surface area contributed by atoms with E-state index in [0.717, 1.165) is 24.4 Å². The van der Waals surface area contributed by atoms with Crippen molar-refractivity contribution in [1.82, 2.24) is 0 Å². The summed E-state index contributed by atoms with van der Waals surface area (Å²) in [6.45, 7) is 0. The fourth-order valence-electron chi connectivity index (χ4n) is 4.88. The lowest BCUT2D eigenvalue weighted by Gasteiger charge is -2.22. The molecule has 1 aliphatic heterocycles. The van der Waals surface area contributed by atoms with Crippen molar-refractivity contribution in [3.63, 3.8) is 0 Å². The van der Waals surface area contributed by atoms with Crippen LogP contribution in [0.1, 0.15) is 22.3 Å². The summed E-state index contributed by atoms with van der Waals surface area (Å²) in [5.41, 5.74) is 11.5. The van der Waals surface area contributed by atoms with E-state index in [-0.39, 0.29) is 0 Å². The summed E-state index contributed by atoms with van der Waals surface area (Å²) in [5.74, 6) is 2.07. The molecule has 2 nitrogen and oxygen atoms in total. The van der Waals surface area contributed by atoms with Gasteiger partial charge in [-0.15, -0.1) is 0 Å². The van der Waals surface area contributed by atoms with Gasteiger partial charge in [0.2, 0.25) is 0 Å². The number of rotatable bonds is 1. The Hall–Kier alpha value is -3.65. The zero-order valence-electron chi connectivity index (χ0n) is 17.9. The van der Waals surface area contributed by atoms with E-state index < -0.39 is 0 Å². The van der Waals surface area contributed by atoms with Crippen molar-refractivity contribution >= 4 is 17.2 Å². The predicted octanol–water partition coefficient (Wildman–Crippen LogP) is 5.64. The standard InChI is InChI=1S/C29H24NO/c1-30(2)22-14-11-19(12-15-22)13-16-25-26-17-20-7-3-5-9-23(20)28(26)31-29-24-10-6-4-8-21(24)18-27(25)29/h3-16H,17-18H2,1-2H3/q+1. The van der Waals surface area contributed by atoms with E-state index in [9.17, 15) is 0 Å². The van der Waals surface area contributed by atoms with E-state index >= 15 is 0 Å². The molecule has 0 amide bonds. The second-order valence-corrected chi connectivity index (χ2v) is 8.62. The Labute approximate surface area is 183 Å². The van der Waals surface area contributed by atoms with Crippen LogP contribution < -0.4 is 0 Å². The molecule has 0 atom stereocenters. The minimum Gasteiger partial charge on any atom is -0.455 e. The van der Waals surface area contributed by atoms with E-state index in [4.69, 9.17) is 4.74 Å². The van der Waals surface area contributed by atoms with Crippen LogP contribution in [-0.4, -0.2) is 24.4 Å². The van der Waals surface area contributed by atoms with E-state index in [1.54, 1.807) is 0 Å². The highest BCUT2D eigenvalue weighted by Gasteiger charge is 2.36. The van der Waals surface area contributed by atoms with E-state index in [1.807, 2.05) is 0 Å². The van der Waals surface area contributed by atoms with Crippen molar-refractivity contribution in [3.8, 4) is 0 Å². The molecular formula is C29H24NO+. The third kappa shape index (κ3) is 2.90. The van der Waals surface area contributed by atoms with Gasteiger partial charge in [-0.05, 0) is 34.4 Å². The molecule has 0 saturated carbocycles. The van der Waals surface area contributed by atoms with Gasteiger partial charge < -0.3 is 4.74 Å². The van der Waals surface area contributed by atoms with Crippen molar-refractivity contribution in [2.45, 2.75) is 12.8 Å². The molecule has 6 rings (SSSR count). The molecule has 0 N–H and O–H groups in total. The molecule has 3 aliphatic carbocycles. The zero-order chi connectivity index (χ0) is 20.9. The molecule has 2 aromatic carbocycles. The summed E-state index contributed by atoms with van der Waals surface area (Å²) >= 11 is 0. The average Bonchev–Trinajstić information content (AvgIpc) is 3.35. The number of nitrogens with zero attached hydrogens (tertiary/aromatic N) is 1. The van der Waals surface area contributed by atoms with Gasteiger partial charge in [0.05, 0.1) is 0 Å². The smallest absolute Gasteiger partial charge is 0.199 e. The van der Waals surface area contributed by atoms with Gasteiger partial charge in [0.1, 0.15) is 25.6 Å². The first-order chi connectivity index (χ1) is 15.2. The predicted molar refractivity (Wildman–Crippen MR) is 127 cm³/mol. The van der Waals surface area contributed by atoms with Crippen LogP contribution in [0.5, 0.6) is 0 Å². The minimum absolute atomic E-state index is 0.928. The molecule has 0 bridgehead atoms. The highest BCUT2D eigenvalue weighted by Crippen LogP contribution is 2.50. The first kappa shape index (κ1) is 18.1. The number of allylic oxidation sites excluding steroid dienone is 10. The normalized spacial score (nSPS) is 17.9. The van der Waals surface area contributed by atoms with Crippen LogP contribution in [-0.2, 0) is 17.6 Å². The molecule has 4 aliphatic rings. The Kier molecular flexibility index (Phi) is 4.07. The van der Waals surface area contributed by atoms with E-state index in [2.05, 4.69) is 104 Å². The van der Waals surface area contributed by atoms with Gasteiger partial charge in [-0.3, -0.25) is 0 Å². The maximum absolute atomic E-state index is 6.61. The molecule has 0 unspecified atom stereocenters. The van der Waals surface area contributed by atoms with Crippen LogP contribution in [0.4, 0.5) is 0 Å². The van der Waals surface area contributed by atoms with Gasteiger partial charge >= 0.3 is 0 Å². The fraction of sp³-hybridized carbons (Fsp3) is 0.138. The first-order valence-electron chi connectivity index (χ1n) is 10.8. The summed E-state index contributed by atoms with van der Waals surface area (Å²) in [5, 5.41) is 0. The van der Waals surface area contributed by atoms with Crippen LogP contribution in [0.3, 0.4) is 0 Å². The lowest BCUT2D eigenvalue weighted by atomic mass is 9.92. The summed E-state index contributed by atoms with van der Waals surface area (Å²) in [4.78, 5) is 0. The summed E-state index contributed by atoms with van der Waals surface area (Å²) in [6, 6.07) is 17.3. The quantitative estimate of drug-likeness (QED) is 0.562. The molecule has 31 heavy (non-hydrogen) atoms. The monoisotopic (exact) mass is 402 g/mol. The second-order valence-electron chi connectivity index (χ2n) is 8.62. The molecule has 150 valence electrons. The Morgan fingerprint density at radius 3 is 1.81 bits per heavy atom. The Morgan fingerprint density at radius 2 is 1.26 bits per heavy atom. The van der Waals surface area contributed by atoms with Gasteiger partial charge in [0.15, 0.2) is 5.71 Å². The van der Waals surface area contributed by atoms with Gasteiger partial charge in [-0.25, -0.2) is 4.58 Å². The third-order valence-corrected chi connectivity index (χ3v) is 6.51. The van der Waals surface area contributed by atoms with Gasteiger partial charge in [-0.1, -0.05) is 60.7 Å². The zero-order valence-corrected chi connectivity index (χ0v) is 17.9. The molecule has 0 aromatic heterocycles. The molecule has 0 saturated heterocycles. The first-order valence-corrected chi connectivity index (χ1v) is 10.8. The maximum Gasteiger partial charge on any atom is 0.199 e. The van der Waals surface area contributed by atoms with Gasteiger partial charge in [0.25, 0.3) is 0 Å². The minimum atomic E-state index is 0.928. The third-order valence-electron chi connectivity index (χ3n) is 6.51. The van der Waals surface area contributed by atoms with Crippen LogP contribution >= 0.6 is 0 Å². The van der Waals surface area contributed by atoms with Crippen LogP contribution in [0.25, 0.3) is 11.5 Å². The maximum atomic E-state index is 6.61. The highest BCUT2D eigenvalue weighted by atomic mass is 16.5. The molecule has 1 heterocycles. The van der Waals surface area contributed by atoms with Crippen LogP contribution in [0.15, 0.2) is 107 Å². The van der Waals surface area contributed by atoms with Crippen molar-refractivity contribution in [2.75, 3.05) is 14.1 Å². The van der Waals surface area contributed by atoms with Gasteiger partial charge in [-0.2, -0.15) is 0 Å². The van der Waals surface area contributed by atoms with E-state index in [1.165, 1.54) is 50.3 Å². The van der Waals surface area contributed by atoms with Crippen molar-refractivity contribution in [2.24, 2.45) is 0 Å². The van der Waals surface area contributed by atoms with Crippen LogP contribution in [0.2, 0.25) is 0 Å². The second kappa shape index (κ2) is 6.95. The number of ether oxygens (including phenoxy) is 1. The fourth-order valence-corrected chi connectivity index (χ4v) is 4.88. The summed E-state index contributed by atoms with van der Waals surface area (Å²) < 4.78 is 8.74. The molecule has 0 spiro atoms. The molecule has 0 fully saturated rings. The lowest BCUT2D eigenvalue weighted by Crippen LogP contribution is -2.09. The van der Waals surface area contributed by atoms with Gasteiger partial charge in [0, 0.05) is 47.3 Å². The summed E-state index contributed by atoms with van der Waals surface area (Å²) in [6.07, 6.45) is 15.1. The van der Waals surface area contributed by atoms with Crippen molar-refractivity contribution < 1.29 is 9.31 Å². The van der Waals surface area contributed by atoms with E-state index in [0.29, 0.717) is 0 Å². The Morgan fingerprint density at radius 1 is 0.710 bits per heavy atom. The highest BCUT2D eigenvalue weighted by molar-refractivity contribution is 6.02.